The minimum atomic E-state index is -0.392. The maximum Gasteiger partial charge on any atom is 0.336 e. The lowest BCUT2D eigenvalue weighted by molar-refractivity contribution is -0.119. The lowest BCUT2D eigenvalue weighted by atomic mass is 9.98. The first kappa shape index (κ1) is 16.8. The van der Waals surface area contributed by atoms with Crippen molar-refractivity contribution in [3.8, 4) is 11.1 Å². The van der Waals surface area contributed by atoms with Crippen LogP contribution in [0.3, 0.4) is 0 Å². The Hall–Kier alpha value is -3.08. The van der Waals surface area contributed by atoms with Crippen LogP contribution < -0.4 is 15.8 Å². The number of amides is 1. The fourth-order valence-corrected chi connectivity index (χ4v) is 2.87. The molecule has 0 bridgehead atoms. The van der Waals surface area contributed by atoms with Crippen LogP contribution in [0.4, 0.5) is 5.69 Å². The van der Waals surface area contributed by atoms with Crippen molar-refractivity contribution < 1.29 is 9.21 Å². The second kappa shape index (κ2) is 6.81. The molecule has 0 radical (unpaired) electrons. The number of carbonyl (C=O) groups is 1. The van der Waals surface area contributed by atoms with E-state index in [4.69, 9.17) is 4.42 Å². The highest BCUT2D eigenvalue weighted by molar-refractivity contribution is 5.95. The van der Waals surface area contributed by atoms with Gasteiger partial charge in [-0.25, -0.2) is 4.79 Å². The van der Waals surface area contributed by atoms with Crippen molar-refractivity contribution in [1.29, 1.82) is 0 Å². The Balaban J connectivity index is 2.12. The minimum absolute atomic E-state index is 0.0855. The van der Waals surface area contributed by atoms with Crippen LogP contribution in [0.5, 0.6) is 0 Å². The van der Waals surface area contributed by atoms with Crippen LogP contribution >= 0.6 is 0 Å². The molecule has 1 aromatic heterocycles. The summed E-state index contributed by atoms with van der Waals surface area (Å²) in [6, 6.07) is 15.1. The van der Waals surface area contributed by atoms with Gasteiger partial charge in [0.25, 0.3) is 0 Å². The number of fused-ring (bicyclic) bond motifs is 1. The third-order valence-corrected chi connectivity index (χ3v) is 4.26. The molecule has 0 spiro atoms. The van der Waals surface area contributed by atoms with E-state index in [0.29, 0.717) is 5.58 Å². The van der Waals surface area contributed by atoms with E-state index in [0.717, 1.165) is 27.8 Å². The van der Waals surface area contributed by atoms with Crippen molar-refractivity contribution in [3.63, 3.8) is 0 Å². The summed E-state index contributed by atoms with van der Waals surface area (Å²) >= 11 is 0. The van der Waals surface area contributed by atoms with Crippen LogP contribution in [0.1, 0.15) is 5.56 Å². The first-order chi connectivity index (χ1) is 12.0. The van der Waals surface area contributed by atoms with E-state index >= 15 is 0 Å². The molecule has 3 rings (SSSR count). The number of hydrogen-bond acceptors (Lipinski definition) is 4. The zero-order valence-corrected chi connectivity index (χ0v) is 14.5. The Morgan fingerprint density at radius 3 is 2.60 bits per heavy atom. The van der Waals surface area contributed by atoms with Gasteiger partial charge >= 0.3 is 5.63 Å². The fourth-order valence-electron chi connectivity index (χ4n) is 2.87. The van der Waals surface area contributed by atoms with Crippen LogP contribution in [-0.4, -0.2) is 26.5 Å². The minimum Gasteiger partial charge on any atom is -0.423 e. The van der Waals surface area contributed by atoms with E-state index in [1.807, 2.05) is 50.4 Å². The summed E-state index contributed by atoms with van der Waals surface area (Å²) in [5, 5.41) is 3.46. The van der Waals surface area contributed by atoms with Crippen LogP contribution in [-0.2, 0) is 4.79 Å². The molecule has 5 heteroatoms. The summed E-state index contributed by atoms with van der Waals surface area (Å²) in [5.41, 5.74) is 3.87. The normalized spacial score (nSPS) is 10.7. The van der Waals surface area contributed by atoms with Gasteiger partial charge in [-0.3, -0.25) is 4.79 Å². The molecule has 0 aliphatic rings. The van der Waals surface area contributed by atoms with Crippen LogP contribution in [0, 0.1) is 6.92 Å². The van der Waals surface area contributed by atoms with Crippen molar-refractivity contribution in [2.45, 2.75) is 6.92 Å². The zero-order valence-electron chi connectivity index (χ0n) is 14.5. The zero-order chi connectivity index (χ0) is 18.0. The van der Waals surface area contributed by atoms with Crippen molar-refractivity contribution in [2.75, 3.05) is 25.5 Å². The third-order valence-electron chi connectivity index (χ3n) is 4.26. The number of likely N-dealkylation sites (N-methyl/N-ethyl adjacent to an activating group) is 2. The Kier molecular flexibility index (Phi) is 4.57. The van der Waals surface area contributed by atoms with E-state index < -0.39 is 5.63 Å². The van der Waals surface area contributed by atoms with E-state index in [-0.39, 0.29) is 12.5 Å². The molecule has 0 saturated heterocycles. The number of nitrogens with one attached hydrogen (secondary N) is 1. The highest BCUT2D eigenvalue weighted by Gasteiger charge is 2.12. The predicted molar refractivity (Wildman–Crippen MR) is 100.0 cm³/mol. The molecule has 128 valence electrons. The van der Waals surface area contributed by atoms with Crippen LogP contribution in [0.25, 0.3) is 22.1 Å². The van der Waals surface area contributed by atoms with E-state index in [1.165, 1.54) is 6.07 Å². The molecule has 5 nitrogen and oxygen atoms in total. The van der Waals surface area contributed by atoms with Crippen molar-refractivity contribution in [3.05, 3.63) is 64.5 Å². The summed E-state index contributed by atoms with van der Waals surface area (Å²) in [5.74, 6) is -0.0855. The molecule has 1 N–H and O–H groups in total. The smallest absolute Gasteiger partial charge is 0.336 e. The number of anilines is 1. The lowest BCUT2D eigenvalue weighted by Gasteiger charge is -2.18. The number of rotatable bonds is 4. The topological polar surface area (TPSA) is 62.6 Å². The number of nitrogens with zero attached hydrogens (tertiary/aromatic N) is 1. The Morgan fingerprint density at radius 1 is 1.12 bits per heavy atom. The van der Waals surface area contributed by atoms with Gasteiger partial charge in [0.1, 0.15) is 5.58 Å². The number of benzene rings is 2. The number of carbonyl (C=O) groups excluding carboxylic acids is 1. The van der Waals surface area contributed by atoms with Crippen molar-refractivity contribution >= 4 is 22.6 Å². The first-order valence-electron chi connectivity index (χ1n) is 8.05. The molecule has 0 atom stereocenters. The van der Waals surface area contributed by atoms with Gasteiger partial charge in [-0.15, -0.1) is 0 Å². The molecule has 1 heterocycles. The average molecular weight is 336 g/mol. The maximum absolute atomic E-state index is 12.0. The molecule has 0 aliphatic heterocycles. The Morgan fingerprint density at radius 2 is 1.88 bits per heavy atom. The Labute approximate surface area is 145 Å². The molecular weight excluding hydrogens is 316 g/mol. The monoisotopic (exact) mass is 336 g/mol. The average Bonchev–Trinajstić information content (AvgIpc) is 2.60. The van der Waals surface area contributed by atoms with Gasteiger partial charge in [0.2, 0.25) is 5.91 Å². The molecular formula is C20H20N2O3. The highest BCUT2D eigenvalue weighted by atomic mass is 16.4. The standard InChI is InChI=1S/C20H20N2O3/c1-13-6-4-5-7-15(13)17-11-20(24)25-18-10-14(8-9-16(17)18)22(3)12-19(23)21-2/h4-11H,12H2,1-3H3,(H,21,23). The van der Waals surface area contributed by atoms with Crippen LogP contribution in [0.2, 0.25) is 0 Å². The molecule has 3 aromatic rings. The highest BCUT2D eigenvalue weighted by Crippen LogP contribution is 2.31. The molecule has 2 aromatic carbocycles. The predicted octanol–water partition coefficient (Wildman–Crippen LogP) is 2.95. The van der Waals surface area contributed by atoms with Crippen molar-refractivity contribution in [2.24, 2.45) is 0 Å². The van der Waals surface area contributed by atoms with E-state index in [1.54, 1.807) is 18.0 Å². The van der Waals surface area contributed by atoms with E-state index in [9.17, 15) is 9.59 Å². The molecule has 0 aliphatic carbocycles. The summed E-state index contributed by atoms with van der Waals surface area (Å²) in [6.45, 7) is 2.24. The summed E-state index contributed by atoms with van der Waals surface area (Å²) in [4.78, 5) is 25.4. The quantitative estimate of drug-likeness (QED) is 0.744. The molecule has 25 heavy (non-hydrogen) atoms. The van der Waals surface area contributed by atoms with Gasteiger partial charge in [0.05, 0.1) is 6.54 Å². The van der Waals surface area contributed by atoms with Gasteiger partial charge in [-0.05, 0) is 30.2 Å². The second-order valence-electron chi connectivity index (χ2n) is 6.00. The van der Waals surface area contributed by atoms with Gasteiger partial charge in [-0.1, -0.05) is 24.3 Å². The summed E-state index contributed by atoms with van der Waals surface area (Å²) in [7, 11) is 3.42. The SMILES string of the molecule is CNC(=O)CN(C)c1ccc2c(-c3ccccc3C)cc(=O)oc2c1. The van der Waals surface area contributed by atoms with Crippen LogP contribution in [0.15, 0.2) is 57.7 Å². The van der Waals surface area contributed by atoms with Crippen molar-refractivity contribution in [1.82, 2.24) is 5.32 Å². The van der Waals surface area contributed by atoms with Gasteiger partial charge in [0, 0.05) is 42.9 Å². The maximum atomic E-state index is 12.0. The second-order valence-corrected chi connectivity index (χ2v) is 6.00. The molecule has 0 saturated carbocycles. The summed E-state index contributed by atoms with van der Waals surface area (Å²) < 4.78 is 5.40. The number of hydrogen-bond donors (Lipinski definition) is 1. The third kappa shape index (κ3) is 3.40. The van der Waals surface area contributed by atoms with Gasteiger partial charge < -0.3 is 14.6 Å². The fraction of sp³-hybridized carbons (Fsp3) is 0.200. The Bertz CT molecular complexity index is 992. The van der Waals surface area contributed by atoms with E-state index in [2.05, 4.69) is 5.32 Å². The molecule has 0 unspecified atom stereocenters. The lowest BCUT2D eigenvalue weighted by Crippen LogP contribution is -2.32. The van der Waals surface area contributed by atoms with Gasteiger partial charge in [0.15, 0.2) is 0 Å². The first-order valence-corrected chi connectivity index (χ1v) is 8.05. The van der Waals surface area contributed by atoms with Gasteiger partial charge in [-0.2, -0.15) is 0 Å². The molecule has 1 amide bonds. The number of aryl methyl sites for hydroxylation is 1. The largest absolute Gasteiger partial charge is 0.423 e. The molecule has 0 fully saturated rings. The summed E-state index contributed by atoms with van der Waals surface area (Å²) in [6.07, 6.45) is 0.